The minimum absolute atomic E-state index is 1.13. The topological polar surface area (TPSA) is 15.8 Å². The monoisotopic (exact) mass is 192 g/mol. The molecule has 1 heterocycles. The summed E-state index contributed by atoms with van der Waals surface area (Å²) < 4.78 is 1.13. The number of rotatable bonds is 0. The summed E-state index contributed by atoms with van der Waals surface area (Å²) >= 11 is 2.19. The van der Waals surface area contributed by atoms with E-state index < -0.39 is 0 Å². The van der Waals surface area contributed by atoms with Crippen LogP contribution in [0.25, 0.3) is 0 Å². The number of nitrogens with one attached hydrogen (secondary N) is 1. The highest BCUT2D eigenvalue weighted by Crippen LogP contribution is 1.95. The van der Waals surface area contributed by atoms with Crippen LogP contribution < -0.4 is 0 Å². The van der Waals surface area contributed by atoms with Gasteiger partial charge in [0.05, 0.1) is 9.90 Å². The van der Waals surface area contributed by atoms with Crippen molar-refractivity contribution in [1.82, 2.24) is 4.98 Å². The van der Waals surface area contributed by atoms with E-state index >= 15 is 0 Å². The van der Waals surface area contributed by atoms with Crippen LogP contribution in [0.15, 0.2) is 12.1 Å². The van der Waals surface area contributed by atoms with E-state index in [0.29, 0.717) is 0 Å². The van der Waals surface area contributed by atoms with E-state index in [1.165, 1.54) is 0 Å². The normalized spacial score (nSPS) is 8.83. The summed E-state index contributed by atoms with van der Waals surface area (Å²) in [7, 11) is 0. The molecule has 1 nitrogen and oxygen atoms in total. The molecule has 0 unspecified atom stereocenters. The van der Waals surface area contributed by atoms with Gasteiger partial charge in [-0.1, -0.05) is 0 Å². The fourth-order valence-corrected chi connectivity index (χ4v) is 0.603. The molecule has 0 saturated carbocycles. The van der Waals surface area contributed by atoms with Gasteiger partial charge in [0.25, 0.3) is 0 Å². The van der Waals surface area contributed by atoms with Gasteiger partial charge in [-0.2, -0.15) is 0 Å². The lowest BCUT2D eigenvalue weighted by molar-refractivity contribution is 1.34. The molecule has 0 bridgehead atoms. The Balaban J connectivity index is 3.05. The molecule has 1 aromatic heterocycles. The molecule has 0 spiro atoms. The molecule has 0 aliphatic rings. The molecule has 1 N–H and O–H groups in total. The van der Waals surface area contributed by atoms with Gasteiger partial charge in [0, 0.05) is 0 Å². The third kappa shape index (κ3) is 0.739. The highest BCUT2D eigenvalue weighted by molar-refractivity contribution is 14.1. The van der Waals surface area contributed by atoms with Crippen molar-refractivity contribution >= 4 is 22.6 Å². The second-order valence-electron chi connectivity index (χ2n) is 0.951. The lowest BCUT2D eigenvalue weighted by Gasteiger charge is -1.66. The fourth-order valence-electron chi connectivity index (χ4n) is 0.267. The molecular weight excluding hydrogens is 189 g/mol. The minimum atomic E-state index is 1.13. The molecule has 1 aromatic rings. The molecule has 0 atom stereocenters. The maximum Gasteiger partial charge on any atom is 0.0777 e. The summed E-state index contributed by atoms with van der Waals surface area (Å²) in [6, 6.07) is 3.81. The lowest BCUT2D eigenvalue weighted by atomic mass is 10.7. The molecule has 2 heteroatoms. The molecule has 6 heavy (non-hydrogen) atoms. The van der Waals surface area contributed by atoms with Gasteiger partial charge in [0.2, 0.25) is 0 Å². The average molecular weight is 192 g/mol. The van der Waals surface area contributed by atoms with E-state index in [4.69, 9.17) is 0 Å². The summed E-state index contributed by atoms with van der Waals surface area (Å²) in [5, 5.41) is 0. The molecular formula is C4H3IN. The Labute approximate surface area is 49.9 Å². The largest absolute Gasteiger partial charge is 0.349 e. The number of hydrogen-bond acceptors (Lipinski definition) is 0. The van der Waals surface area contributed by atoms with E-state index in [1.807, 2.05) is 12.1 Å². The first-order valence-corrected chi connectivity index (χ1v) is 2.68. The van der Waals surface area contributed by atoms with Gasteiger partial charge < -0.3 is 4.98 Å². The molecule has 0 aromatic carbocycles. The molecule has 0 aliphatic carbocycles. The number of aromatic nitrogens is 1. The van der Waals surface area contributed by atoms with E-state index in [-0.39, 0.29) is 0 Å². The quantitative estimate of drug-likeness (QED) is 0.598. The summed E-state index contributed by atoms with van der Waals surface area (Å²) in [4.78, 5) is 2.86. The maximum atomic E-state index is 2.86. The van der Waals surface area contributed by atoms with Crippen molar-refractivity contribution in [3.05, 3.63) is 22.0 Å². The smallest absolute Gasteiger partial charge is 0.0777 e. The van der Waals surface area contributed by atoms with E-state index in [0.717, 1.165) is 3.70 Å². The SMILES string of the molecule is Ic1cc[c][nH]1. The van der Waals surface area contributed by atoms with Crippen LogP contribution in [-0.2, 0) is 0 Å². The molecule has 1 radical (unpaired) electrons. The minimum Gasteiger partial charge on any atom is -0.349 e. The first-order chi connectivity index (χ1) is 2.89. The number of halogens is 1. The Morgan fingerprint density at radius 2 is 2.67 bits per heavy atom. The number of hydrogen-bond donors (Lipinski definition) is 1. The van der Waals surface area contributed by atoms with Gasteiger partial charge >= 0.3 is 0 Å². The van der Waals surface area contributed by atoms with Crippen molar-refractivity contribution in [2.24, 2.45) is 0 Å². The first-order valence-electron chi connectivity index (χ1n) is 1.60. The zero-order valence-electron chi connectivity index (χ0n) is 3.03. The third-order valence-electron chi connectivity index (χ3n) is 0.505. The van der Waals surface area contributed by atoms with Crippen molar-refractivity contribution in [2.45, 2.75) is 0 Å². The van der Waals surface area contributed by atoms with Crippen LogP contribution in [0.5, 0.6) is 0 Å². The predicted molar refractivity (Wildman–Crippen MR) is 32.3 cm³/mol. The van der Waals surface area contributed by atoms with Gasteiger partial charge in [-0.05, 0) is 34.7 Å². The summed E-state index contributed by atoms with van der Waals surface area (Å²) in [6.45, 7) is 0. The Kier molecular flexibility index (Phi) is 1.14. The van der Waals surface area contributed by atoms with Crippen LogP contribution in [0.4, 0.5) is 0 Å². The van der Waals surface area contributed by atoms with Crippen LogP contribution in [0.3, 0.4) is 0 Å². The second kappa shape index (κ2) is 1.64. The molecule has 0 aliphatic heterocycles. The Morgan fingerprint density at radius 3 is 2.83 bits per heavy atom. The Bertz CT molecular complexity index is 111. The molecule has 0 amide bonds. The Hall–Kier alpha value is 0.01000. The summed E-state index contributed by atoms with van der Waals surface area (Å²) in [5.74, 6) is 0. The van der Waals surface area contributed by atoms with E-state index in [1.54, 1.807) is 0 Å². The van der Waals surface area contributed by atoms with Crippen molar-refractivity contribution in [3.8, 4) is 0 Å². The standard InChI is InChI=1S/C4H3IN/c5-4-2-1-3-6-4/h1-2,6H. The van der Waals surface area contributed by atoms with Crippen molar-refractivity contribution in [2.75, 3.05) is 0 Å². The Morgan fingerprint density at radius 1 is 1.83 bits per heavy atom. The predicted octanol–water partition coefficient (Wildman–Crippen LogP) is 1.42. The zero-order valence-corrected chi connectivity index (χ0v) is 5.19. The molecule has 0 saturated heterocycles. The zero-order chi connectivity index (χ0) is 4.41. The maximum absolute atomic E-state index is 2.86. The van der Waals surface area contributed by atoms with Crippen LogP contribution >= 0.6 is 22.6 Å². The van der Waals surface area contributed by atoms with Crippen LogP contribution in [0.1, 0.15) is 0 Å². The summed E-state index contributed by atoms with van der Waals surface area (Å²) in [5.41, 5.74) is 0. The first kappa shape index (κ1) is 4.18. The van der Waals surface area contributed by atoms with Crippen LogP contribution in [0, 0.1) is 9.90 Å². The van der Waals surface area contributed by atoms with Crippen LogP contribution in [0.2, 0.25) is 0 Å². The van der Waals surface area contributed by atoms with Crippen molar-refractivity contribution in [3.63, 3.8) is 0 Å². The third-order valence-corrected chi connectivity index (χ3v) is 1.13. The lowest BCUT2D eigenvalue weighted by Crippen LogP contribution is -1.57. The average Bonchev–Trinajstić information content (AvgIpc) is 1.86. The van der Waals surface area contributed by atoms with E-state index in [2.05, 4.69) is 33.8 Å². The number of aromatic amines is 1. The van der Waals surface area contributed by atoms with E-state index in [9.17, 15) is 0 Å². The highest BCUT2D eigenvalue weighted by Gasteiger charge is 1.75. The summed E-state index contributed by atoms with van der Waals surface area (Å²) in [6.07, 6.45) is 2.80. The van der Waals surface area contributed by atoms with Crippen molar-refractivity contribution in [1.29, 1.82) is 0 Å². The number of H-pyrrole nitrogens is 1. The van der Waals surface area contributed by atoms with Gasteiger partial charge in [-0.25, -0.2) is 0 Å². The molecule has 1 rings (SSSR count). The molecule has 0 fully saturated rings. The highest BCUT2D eigenvalue weighted by atomic mass is 127. The van der Waals surface area contributed by atoms with Crippen LogP contribution in [-0.4, -0.2) is 4.98 Å². The van der Waals surface area contributed by atoms with Gasteiger partial charge in [0.1, 0.15) is 0 Å². The second-order valence-corrected chi connectivity index (χ2v) is 2.11. The van der Waals surface area contributed by atoms with Gasteiger partial charge in [-0.15, -0.1) is 0 Å². The van der Waals surface area contributed by atoms with Gasteiger partial charge in [-0.3, -0.25) is 0 Å². The fraction of sp³-hybridized carbons (Fsp3) is 0. The van der Waals surface area contributed by atoms with Crippen molar-refractivity contribution < 1.29 is 0 Å². The molecule has 31 valence electrons. The van der Waals surface area contributed by atoms with Gasteiger partial charge in [0.15, 0.2) is 0 Å².